The Labute approximate surface area is 101 Å². The molecule has 6 nitrogen and oxygen atoms in total. The summed E-state index contributed by atoms with van der Waals surface area (Å²) in [6, 6.07) is -0.0600. The second-order valence-corrected chi connectivity index (χ2v) is 5.92. The van der Waals surface area contributed by atoms with Crippen LogP contribution in [0.15, 0.2) is 17.4 Å². The van der Waals surface area contributed by atoms with Crippen LogP contribution in [0.25, 0.3) is 0 Å². The van der Waals surface area contributed by atoms with Gasteiger partial charge in [0.2, 0.25) is 0 Å². The van der Waals surface area contributed by atoms with Crippen molar-refractivity contribution in [3.63, 3.8) is 0 Å². The van der Waals surface area contributed by atoms with Crippen LogP contribution < -0.4 is 5.32 Å². The highest BCUT2D eigenvalue weighted by molar-refractivity contribution is 7.89. The Hall–Kier alpha value is -1.05. The molecule has 7 heteroatoms. The number of sulfonamides is 1. The second kappa shape index (κ2) is 4.67. The Morgan fingerprint density at radius 1 is 1.41 bits per heavy atom. The van der Waals surface area contributed by atoms with Gasteiger partial charge in [-0.05, 0) is 13.8 Å². The smallest absolute Gasteiger partial charge is 0.262 e. The van der Waals surface area contributed by atoms with Gasteiger partial charge in [-0.15, -0.1) is 0 Å². The van der Waals surface area contributed by atoms with Gasteiger partial charge in [0, 0.05) is 38.1 Å². The number of rotatable bonds is 2. The van der Waals surface area contributed by atoms with Crippen LogP contribution in [0.3, 0.4) is 0 Å². The Bertz CT molecular complexity index is 503. The molecule has 0 aliphatic carbocycles. The predicted octanol–water partition coefficient (Wildman–Crippen LogP) is -0.233. The number of nitrogens with one attached hydrogen (secondary N) is 1. The van der Waals surface area contributed by atoms with Gasteiger partial charge >= 0.3 is 0 Å². The molecule has 0 spiro atoms. The molecule has 0 aromatic carbocycles. The molecule has 0 bridgehead atoms. The van der Waals surface area contributed by atoms with Crippen molar-refractivity contribution in [3.05, 3.63) is 18.1 Å². The SMILES string of the molecule is Cc1nccnc1S(=O)(=O)N1CCNCC1C. The van der Waals surface area contributed by atoms with Crippen LogP contribution >= 0.6 is 0 Å². The van der Waals surface area contributed by atoms with Gasteiger partial charge in [-0.1, -0.05) is 0 Å². The Balaban J connectivity index is 2.39. The molecule has 1 aliphatic rings. The molecule has 1 aliphatic heterocycles. The maximum atomic E-state index is 12.4. The molecule has 1 N–H and O–H groups in total. The monoisotopic (exact) mass is 256 g/mol. The first-order valence-electron chi connectivity index (χ1n) is 5.53. The fraction of sp³-hybridized carbons (Fsp3) is 0.600. The van der Waals surface area contributed by atoms with E-state index in [9.17, 15) is 8.42 Å². The van der Waals surface area contributed by atoms with Gasteiger partial charge in [-0.3, -0.25) is 4.98 Å². The second-order valence-electron chi connectivity index (χ2n) is 4.12. The molecule has 0 radical (unpaired) electrons. The van der Waals surface area contributed by atoms with E-state index in [2.05, 4.69) is 15.3 Å². The number of hydrogen-bond donors (Lipinski definition) is 1. The van der Waals surface area contributed by atoms with Crippen molar-refractivity contribution in [2.75, 3.05) is 19.6 Å². The van der Waals surface area contributed by atoms with Crippen LogP contribution in [0.5, 0.6) is 0 Å². The van der Waals surface area contributed by atoms with E-state index in [0.717, 1.165) is 0 Å². The minimum atomic E-state index is -3.52. The molecule has 1 atom stereocenters. The number of piperazine rings is 1. The van der Waals surface area contributed by atoms with Crippen LogP contribution in [-0.4, -0.2) is 48.4 Å². The van der Waals surface area contributed by atoms with Crippen LogP contribution in [-0.2, 0) is 10.0 Å². The first kappa shape index (κ1) is 12.4. The minimum absolute atomic E-state index is 0.0600. The molecule has 1 saturated heterocycles. The summed E-state index contributed by atoms with van der Waals surface area (Å²) in [7, 11) is -3.52. The largest absolute Gasteiger partial charge is 0.314 e. The quantitative estimate of drug-likeness (QED) is 0.791. The normalized spacial score (nSPS) is 22.6. The highest BCUT2D eigenvalue weighted by Crippen LogP contribution is 2.18. The molecule has 17 heavy (non-hydrogen) atoms. The molecule has 94 valence electrons. The summed E-state index contributed by atoms with van der Waals surface area (Å²) in [6.07, 6.45) is 2.91. The number of aromatic nitrogens is 2. The lowest BCUT2D eigenvalue weighted by Gasteiger charge is -2.32. The maximum absolute atomic E-state index is 12.4. The van der Waals surface area contributed by atoms with Crippen molar-refractivity contribution in [2.45, 2.75) is 24.9 Å². The molecular formula is C10H16N4O2S. The van der Waals surface area contributed by atoms with E-state index in [0.29, 0.717) is 25.3 Å². The highest BCUT2D eigenvalue weighted by Gasteiger charge is 2.33. The van der Waals surface area contributed by atoms with Crippen LogP contribution in [0, 0.1) is 6.92 Å². The fourth-order valence-electron chi connectivity index (χ4n) is 1.94. The van der Waals surface area contributed by atoms with E-state index >= 15 is 0 Å². The first-order valence-corrected chi connectivity index (χ1v) is 6.97. The zero-order valence-corrected chi connectivity index (χ0v) is 10.7. The Morgan fingerprint density at radius 2 is 2.12 bits per heavy atom. The summed E-state index contributed by atoms with van der Waals surface area (Å²) in [5.41, 5.74) is 0.443. The zero-order valence-electron chi connectivity index (χ0n) is 9.92. The molecule has 1 aromatic heterocycles. The van der Waals surface area contributed by atoms with Crippen molar-refractivity contribution in [1.82, 2.24) is 19.6 Å². The standard InChI is InChI=1S/C10H16N4O2S/c1-8-7-11-5-6-14(8)17(15,16)10-9(2)12-3-4-13-10/h3-4,8,11H,5-7H2,1-2H3. The summed E-state index contributed by atoms with van der Waals surface area (Å²) < 4.78 is 26.3. The molecule has 1 fully saturated rings. The lowest BCUT2D eigenvalue weighted by Crippen LogP contribution is -2.52. The van der Waals surface area contributed by atoms with Crippen molar-refractivity contribution in [2.24, 2.45) is 0 Å². The number of aryl methyl sites for hydroxylation is 1. The third-order valence-electron chi connectivity index (χ3n) is 2.83. The van der Waals surface area contributed by atoms with Gasteiger partial charge < -0.3 is 5.32 Å². The summed E-state index contributed by atoms with van der Waals surface area (Å²) in [4.78, 5) is 7.93. The summed E-state index contributed by atoms with van der Waals surface area (Å²) in [5, 5.41) is 3.22. The van der Waals surface area contributed by atoms with E-state index in [4.69, 9.17) is 0 Å². The summed E-state index contributed by atoms with van der Waals surface area (Å²) in [6.45, 7) is 5.35. The van der Waals surface area contributed by atoms with E-state index in [1.165, 1.54) is 16.7 Å². The molecule has 2 heterocycles. The van der Waals surface area contributed by atoms with E-state index in [1.807, 2.05) is 6.92 Å². The van der Waals surface area contributed by atoms with Crippen LogP contribution in [0.4, 0.5) is 0 Å². The fourth-order valence-corrected chi connectivity index (χ4v) is 3.66. The molecule has 1 unspecified atom stereocenters. The maximum Gasteiger partial charge on any atom is 0.262 e. The highest BCUT2D eigenvalue weighted by atomic mass is 32.2. The number of hydrogen-bond acceptors (Lipinski definition) is 5. The van der Waals surface area contributed by atoms with Crippen molar-refractivity contribution >= 4 is 10.0 Å². The van der Waals surface area contributed by atoms with E-state index in [1.54, 1.807) is 6.92 Å². The summed E-state index contributed by atoms with van der Waals surface area (Å²) in [5.74, 6) is 0. The number of nitrogens with zero attached hydrogens (tertiary/aromatic N) is 3. The van der Waals surface area contributed by atoms with Gasteiger partial charge in [0.05, 0.1) is 5.69 Å². The minimum Gasteiger partial charge on any atom is -0.314 e. The van der Waals surface area contributed by atoms with Crippen LogP contribution in [0.1, 0.15) is 12.6 Å². The summed E-state index contributed by atoms with van der Waals surface area (Å²) >= 11 is 0. The third kappa shape index (κ3) is 2.31. The molecule has 0 saturated carbocycles. The van der Waals surface area contributed by atoms with Gasteiger partial charge in [-0.25, -0.2) is 13.4 Å². The Kier molecular flexibility index (Phi) is 3.41. The first-order chi connectivity index (χ1) is 8.03. The topological polar surface area (TPSA) is 75.2 Å². The lowest BCUT2D eigenvalue weighted by atomic mass is 10.3. The van der Waals surface area contributed by atoms with E-state index < -0.39 is 10.0 Å². The van der Waals surface area contributed by atoms with Crippen molar-refractivity contribution in [3.8, 4) is 0 Å². The van der Waals surface area contributed by atoms with Gasteiger partial charge in [0.15, 0.2) is 5.03 Å². The third-order valence-corrected chi connectivity index (χ3v) is 4.88. The average Bonchev–Trinajstić information content (AvgIpc) is 2.29. The average molecular weight is 256 g/mol. The van der Waals surface area contributed by atoms with Crippen molar-refractivity contribution < 1.29 is 8.42 Å². The van der Waals surface area contributed by atoms with Gasteiger partial charge in [-0.2, -0.15) is 4.31 Å². The van der Waals surface area contributed by atoms with Gasteiger partial charge in [0.1, 0.15) is 0 Å². The zero-order chi connectivity index (χ0) is 12.5. The molecule has 2 rings (SSSR count). The molecule has 1 aromatic rings. The molecular weight excluding hydrogens is 240 g/mol. The van der Waals surface area contributed by atoms with E-state index in [-0.39, 0.29) is 11.1 Å². The van der Waals surface area contributed by atoms with Crippen molar-refractivity contribution in [1.29, 1.82) is 0 Å². The predicted molar refractivity (Wildman–Crippen MR) is 63.0 cm³/mol. The van der Waals surface area contributed by atoms with Crippen LogP contribution in [0.2, 0.25) is 0 Å². The Morgan fingerprint density at radius 3 is 2.76 bits per heavy atom. The lowest BCUT2D eigenvalue weighted by molar-refractivity contribution is 0.283. The molecule has 0 amide bonds. The van der Waals surface area contributed by atoms with Gasteiger partial charge in [0.25, 0.3) is 10.0 Å².